The molecule has 2 aromatic rings. The van der Waals surface area contributed by atoms with E-state index in [1.54, 1.807) is 0 Å². The number of carbonyl (C=O) groups excluding carboxylic acids is 1. The normalized spacial score (nSPS) is 21.4. The van der Waals surface area contributed by atoms with Gasteiger partial charge in [0.25, 0.3) is 0 Å². The van der Waals surface area contributed by atoms with Crippen molar-refractivity contribution >= 4 is 5.91 Å². The lowest BCUT2D eigenvalue weighted by molar-refractivity contribution is -0.132. The second-order valence-electron chi connectivity index (χ2n) is 7.25. The van der Waals surface area contributed by atoms with E-state index >= 15 is 0 Å². The van der Waals surface area contributed by atoms with E-state index in [0.29, 0.717) is 13.1 Å². The summed E-state index contributed by atoms with van der Waals surface area (Å²) in [7, 11) is 0. The molecular weight excluding hydrogens is 340 g/mol. The molecule has 2 atom stereocenters. The molecule has 5 heteroatoms. The van der Waals surface area contributed by atoms with Gasteiger partial charge in [-0.15, -0.1) is 0 Å². The fraction of sp³-hybridized carbons (Fsp3) is 0.409. The summed E-state index contributed by atoms with van der Waals surface area (Å²) in [6, 6.07) is 14.7. The minimum Gasteiger partial charge on any atom is -0.493 e. The molecule has 0 unspecified atom stereocenters. The molecule has 5 nitrogen and oxygen atoms in total. The molecule has 0 aliphatic carbocycles. The molecule has 0 aromatic heterocycles. The second kappa shape index (κ2) is 8.11. The molecule has 27 heavy (non-hydrogen) atoms. The number of carbonyl (C=O) groups is 1. The minimum absolute atomic E-state index is 0.0158. The maximum absolute atomic E-state index is 12.2. The first-order valence-electron chi connectivity index (χ1n) is 9.71. The summed E-state index contributed by atoms with van der Waals surface area (Å²) in [5, 5.41) is 2.96. The predicted octanol–water partition coefficient (Wildman–Crippen LogP) is 2.80. The largest absolute Gasteiger partial charge is 0.493 e. The number of fused-ring (bicyclic) bond motifs is 1. The van der Waals surface area contributed by atoms with E-state index < -0.39 is 0 Å². The Balaban J connectivity index is 1.36. The summed E-state index contributed by atoms with van der Waals surface area (Å²) in [6.07, 6.45) is 3.40. The van der Waals surface area contributed by atoms with Gasteiger partial charge in [0.05, 0.1) is 12.7 Å². The molecule has 1 amide bonds. The highest BCUT2D eigenvalue weighted by molar-refractivity contribution is 5.81. The van der Waals surface area contributed by atoms with Crippen molar-refractivity contribution in [3.63, 3.8) is 0 Å². The van der Waals surface area contributed by atoms with Crippen molar-refractivity contribution in [1.82, 2.24) is 5.32 Å². The lowest BCUT2D eigenvalue weighted by atomic mass is 9.98. The van der Waals surface area contributed by atoms with Crippen LogP contribution in [0.15, 0.2) is 42.5 Å². The van der Waals surface area contributed by atoms with Gasteiger partial charge in [-0.25, -0.2) is 0 Å². The molecule has 2 heterocycles. The van der Waals surface area contributed by atoms with Gasteiger partial charge in [0.2, 0.25) is 5.91 Å². The van der Waals surface area contributed by atoms with Crippen LogP contribution in [-0.2, 0) is 22.5 Å². The number of amides is 1. The standard InChI is InChI=1S/C22H26N2O3/c23-13-19-8-10-21(27-19)22(25)24-14-15-3-5-16(6-4-15)17-7-9-20-18(12-17)2-1-11-26-20/h3-7,9,12,19,21H,1-2,8,10-11,13-14,23H2,(H,24,25)/t19-,21+/m1/s1. The first kappa shape index (κ1) is 18.0. The number of nitrogens with two attached hydrogens (primary N) is 1. The topological polar surface area (TPSA) is 73.6 Å². The molecule has 0 radical (unpaired) electrons. The van der Waals surface area contributed by atoms with Gasteiger partial charge in [0.15, 0.2) is 0 Å². The Morgan fingerprint density at radius 3 is 2.70 bits per heavy atom. The van der Waals surface area contributed by atoms with Crippen molar-refractivity contribution in [2.24, 2.45) is 5.73 Å². The summed E-state index contributed by atoms with van der Waals surface area (Å²) >= 11 is 0. The Morgan fingerprint density at radius 1 is 1.11 bits per heavy atom. The highest BCUT2D eigenvalue weighted by Crippen LogP contribution is 2.30. The van der Waals surface area contributed by atoms with Gasteiger partial charge in [-0.05, 0) is 60.1 Å². The van der Waals surface area contributed by atoms with Crippen LogP contribution in [0.4, 0.5) is 0 Å². The molecule has 0 saturated carbocycles. The lowest BCUT2D eigenvalue weighted by Crippen LogP contribution is -2.35. The molecule has 2 aliphatic rings. The highest BCUT2D eigenvalue weighted by Gasteiger charge is 2.29. The van der Waals surface area contributed by atoms with E-state index in [1.165, 1.54) is 16.7 Å². The van der Waals surface area contributed by atoms with Gasteiger partial charge in [-0.2, -0.15) is 0 Å². The monoisotopic (exact) mass is 366 g/mol. The zero-order valence-corrected chi connectivity index (χ0v) is 15.4. The van der Waals surface area contributed by atoms with E-state index in [1.807, 2.05) is 0 Å². The molecule has 3 N–H and O–H groups in total. The minimum atomic E-state index is -0.365. The first-order valence-corrected chi connectivity index (χ1v) is 9.71. The van der Waals surface area contributed by atoms with Gasteiger partial charge in [0, 0.05) is 13.1 Å². The summed E-state index contributed by atoms with van der Waals surface area (Å²) in [5.41, 5.74) is 10.3. The van der Waals surface area contributed by atoms with Crippen molar-refractivity contribution in [3.8, 4) is 16.9 Å². The molecular formula is C22H26N2O3. The van der Waals surface area contributed by atoms with Gasteiger partial charge < -0.3 is 20.5 Å². The quantitative estimate of drug-likeness (QED) is 0.853. The van der Waals surface area contributed by atoms with Crippen LogP contribution in [0, 0.1) is 0 Å². The van der Waals surface area contributed by atoms with Crippen molar-refractivity contribution in [2.75, 3.05) is 13.2 Å². The van der Waals surface area contributed by atoms with Crippen LogP contribution in [0.25, 0.3) is 11.1 Å². The Labute approximate surface area is 159 Å². The number of hydrogen-bond donors (Lipinski definition) is 2. The summed E-state index contributed by atoms with van der Waals surface area (Å²) in [4.78, 5) is 12.2. The van der Waals surface area contributed by atoms with E-state index in [2.05, 4.69) is 47.8 Å². The lowest BCUT2D eigenvalue weighted by Gasteiger charge is -2.18. The number of aryl methyl sites for hydroxylation is 1. The second-order valence-corrected chi connectivity index (χ2v) is 7.25. The third-order valence-electron chi connectivity index (χ3n) is 5.33. The fourth-order valence-corrected chi connectivity index (χ4v) is 3.73. The van der Waals surface area contributed by atoms with Crippen LogP contribution in [0.1, 0.15) is 30.4 Å². The van der Waals surface area contributed by atoms with E-state index in [4.69, 9.17) is 15.2 Å². The number of hydrogen-bond acceptors (Lipinski definition) is 4. The Morgan fingerprint density at radius 2 is 1.93 bits per heavy atom. The summed E-state index contributed by atoms with van der Waals surface area (Å²) in [5.74, 6) is 0.958. The fourth-order valence-electron chi connectivity index (χ4n) is 3.73. The van der Waals surface area contributed by atoms with Crippen LogP contribution in [0.3, 0.4) is 0 Å². The molecule has 0 bridgehead atoms. The average Bonchev–Trinajstić information content (AvgIpc) is 3.21. The maximum atomic E-state index is 12.2. The van der Waals surface area contributed by atoms with Gasteiger partial charge in [-0.1, -0.05) is 30.3 Å². The molecule has 142 valence electrons. The highest BCUT2D eigenvalue weighted by atomic mass is 16.5. The van der Waals surface area contributed by atoms with Crippen molar-refractivity contribution < 1.29 is 14.3 Å². The molecule has 4 rings (SSSR count). The van der Waals surface area contributed by atoms with Crippen molar-refractivity contribution in [1.29, 1.82) is 0 Å². The average molecular weight is 366 g/mol. The van der Waals surface area contributed by atoms with Crippen molar-refractivity contribution in [3.05, 3.63) is 53.6 Å². The maximum Gasteiger partial charge on any atom is 0.249 e. The Kier molecular flexibility index (Phi) is 5.41. The zero-order valence-electron chi connectivity index (χ0n) is 15.4. The van der Waals surface area contributed by atoms with Gasteiger partial charge >= 0.3 is 0 Å². The zero-order chi connectivity index (χ0) is 18.6. The Bertz CT molecular complexity index is 804. The van der Waals surface area contributed by atoms with E-state index in [0.717, 1.165) is 43.6 Å². The van der Waals surface area contributed by atoms with Crippen LogP contribution >= 0.6 is 0 Å². The summed E-state index contributed by atoms with van der Waals surface area (Å²) in [6.45, 7) is 1.79. The molecule has 1 saturated heterocycles. The van der Waals surface area contributed by atoms with Crippen LogP contribution in [0.2, 0.25) is 0 Å². The van der Waals surface area contributed by atoms with E-state index in [-0.39, 0.29) is 18.1 Å². The Hall–Kier alpha value is -2.37. The van der Waals surface area contributed by atoms with Crippen LogP contribution in [-0.4, -0.2) is 31.3 Å². The number of ether oxygens (including phenoxy) is 2. The van der Waals surface area contributed by atoms with Gasteiger partial charge in [0.1, 0.15) is 11.9 Å². The predicted molar refractivity (Wildman–Crippen MR) is 104 cm³/mol. The van der Waals surface area contributed by atoms with Gasteiger partial charge in [-0.3, -0.25) is 4.79 Å². The molecule has 2 aliphatic heterocycles. The van der Waals surface area contributed by atoms with Crippen LogP contribution in [0.5, 0.6) is 5.75 Å². The molecule has 0 spiro atoms. The summed E-state index contributed by atoms with van der Waals surface area (Å²) < 4.78 is 11.3. The molecule has 2 aromatic carbocycles. The molecule has 1 fully saturated rings. The van der Waals surface area contributed by atoms with E-state index in [9.17, 15) is 4.79 Å². The third kappa shape index (κ3) is 4.15. The van der Waals surface area contributed by atoms with Crippen LogP contribution < -0.4 is 15.8 Å². The first-order chi connectivity index (χ1) is 13.2. The smallest absolute Gasteiger partial charge is 0.249 e. The number of nitrogens with one attached hydrogen (secondary N) is 1. The third-order valence-corrected chi connectivity index (χ3v) is 5.33. The number of benzene rings is 2. The van der Waals surface area contributed by atoms with Crippen molar-refractivity contribution in [2.45, 2.75) is 44.4 Å². The SMILES string of the molecule is NC[C@H]1CC[C@@H](C(=O)NCc2ccc(-c3ccc4c(c3)CCCO4)cc2)O1. The number of rotatable bonds is 5.